The molecule has 0 heterocycles. The van der Waals surface area contributed by atoms with Gasteiger partial charge in [0.25, 0.3) is 0 Å². The molecule has 3 nitrogen and oxygen atoms in total. The van der Waals surface area contributed by atoms with Gasteiger partial charge in [-0.2, -0.15) is 11.8 Å². The van der Waals surface area contributed by atoms with Gasteiger partial charge in [-0.15, -0.1) is 0 Å². The molecule has 0 fully saturated rings. The number of ether oxygens (including phenoxy) is 2. The Morgan fingerprint density at radius 3 is 2.32 bits per heavy atom. The lowest BCUT2D eigenvalue weighted by atomic mass is 10.1. The summed E-state index contributed by atoms with van der Waals surface area (Å²) in [4.78, 5) is 0. The standard InChI is InChI=1S/C15H25NO2S/c1-11(2)9-19-10-13(16-3)12-6-7-14(17-4)15(8-12)18-5/h6-8,11,13,16H,9-10H2,1-5H3. The van der Waals surface area contributed by atoms with Crippen molar-refractivity contribution < 1.29 is 9.47 Å². The largest absolute Gasteiger partial charge is 0.493 e. The van der Waals surface area contributed by atoms with E-state index in [0.717, 1.165) is 23.2 Å². The number of hydrogen-bond acceptors (Lipinski definition) is 4. The monoisotopic (exact) mass is 283 g/mol. The maximum absolute atomic E-state index is 5.35. The second-order valence-electron chi connectivity index (χ2n) is 4.89. The van der Waals surface area contributed by atoms with E-state index in [4.69, 9.17) is 9.47 Å². The van der Waals surface area contributed by atoms with Crippen LogP contribution in [0, 0.1) is 5.92 Å². The van der Waals surface area contributed by atoms with Crippen molar-refractivity contribution in [2.75, 3.05) is 32.8 Å². The Labute approximate surface area is 121 Å². The molecule has 4 heteroatoms. The number of benzene rings is 1. The van der Waals surface area contributed by atoms with Crippen LogP contribution in [-0.2, 0) is 0 Å². The van der Waals surface area contributed by atoms with E-state index in [2.05, 4.69) is 31.3 Å². The Balaban J connectivity index is 2.75. The maximum Gasteiger partial charge on any atom is 0.161 e. The van der Waals surface area contributed by atoms with Crippen LogP contribution in [0.15, 0.2) is 18.2 Å². The first kappa shape index (κ1) is 16.2. The normalized spacial score (nSPS) is 12.5. The summed E-state index contributed by atoms with van der Waals surface area (Å²) in [6.07, 6.45) is 0. The summed E-state index contributed by atoms with van der Waals surface area (Å²) in [5.41, 5.74) is 1.23. The summed E-state index contributed by atoms with van der Waals surface area (Å²) in [7, 11) is 5.33. The molecule has 0 radical (unpaired) electrons. The van der Waals surface area contributed by atoms with E-state index in [1.165, 1.54) is 11.3 Å². The van der Waals surface area contributed by atoms with E-state index in [9.17, 15) is 0 Å². The van der Waals surface area contributed by atoms with Gasteiger partial charge in [0, 0.05) is 11.8 Å². The van der Waals surface area contributed by atoms with E-state index < -0.39 is 0 Å². The first-order valence-corrected chi connectivity index (χ1v) is 7.74. The molecule has 0 saturated heterocycles. The number of thioether (sulfide) groups is 1. The van der Waals surface area contributed by atoms with Crippen LogP contribution in [0.25, 0.3) is 0 Å². The van der Waals surface area contributed by atoms with E-state index in [1.54, 1.807) is 14.2 Å². The van der Waals surface area contributed by atoms with E-state index in [0.29, 0.717) is 6.04 Å². The Morgan fingerprint density at radius 1 is 1.11 bits per heavy atom. The number of nitrogens with one attached hydrogen (secondary N) is 1. The van der Waals surface area contributed by atoms with Gasteiger partial charge in [-0.25, -0.2) is 0 Å². The Bertz CT molecular complexity index is 382. The molecular formula is C15H25NO2S. The SMILES string of the molecule is CNC(CSCC(C)C)c1ccc(OC)c(OC)c1. The zero-order chi connectivity index (χ0) is 14.3. The van der Waals surface area contributed by atoms with Crippen LogP contribution < -0.4 is 14.8 Å². The lowest BCUT2D eigenvalue weighted by molar-refractivity contribution is 0.354. The highest BCUT2D eigenvalue weighted by molar-refractivity contribution is 7.99. The van der Waals surface area contributed by atoms with Gasteiger partial charge in [-0.3, -0.25) is 0 Å². The fourth-order valence-corrected chi connectivity index (χ4v) is 3.04. The number of hydrogen-bond donors (Lipinski definition) is 1. The highest BCUT2D eigenvalue weighted by Crippen LogP contribution is 2.31. The van der Waals surface area contributed by atoms with Crippen molar-refractivity contribution in [2.24, 2.45) is 5.92 Å². The average molecular weight is 283 g/mol. The number of rotatable bonds is 8. The molecule has 1 unspecified atom stereocenters. The molecule has 1 rings (SSSR count). The maximum atomic E-state index is 5.35. The van der Waals surface area contributed by atoms with Crippen molar-refractivity contribution in [2.45, 2.75) is 19.9 Å². The van der Waals surface area contributed by atoms with Gasteiger partial charge in [0.15, 0.2) is 11.5 Å². The first-order chi connectivity index (χ1) is 9.12. The summed E-state index contributed by atoms with van der Waals surface area (Å²) >= 11 is 1.98. The third kappa shape index (κ3) is 4.96. The van der Waals surface area contributed by atoms with E-state index in [-0.39, 0.29) is 0 Å². The van der Waals surface area contributed by atoms with E-state index in [1.807, 2.05) is 24.9 Å². The lowest BCUT2D eigenvalue weighted by Gasteiger charge is -2.18. The van der Waals surface area contributed by atoms with Crippen molar-refractivity contribution >= 4 is 11.8 Å². The van der Waals surface area contributed by atoms with Gasteiger partial charge >= 0.3 is 0 Å². The first-order valence-electron chi connectivity index (χ1n) is 6.59. The molecule has 1 aromatic rings. The minimum absolute atomic E-state index is 0.337. The predicted octanol–water partition coefficient (Wildman–Crippen LogP) is 3.35. The summed E-state index contributed by atoms with van der Waals surface area (Å²) < 4.78 is 10.6. The van der Waals surface area contributed by atoms with Crippen LogP contribution in [0.3, 0.4) is 0 Å². The zero-order valence-corrected chi connectivity index (χ0v) is 13.3. The molecule has 0 aliphatic heterocycles. The van der Waals surface area contributed by atoms with Crippen LogP contribution >= 0.6 is 11.8 Å². The van der Waals surface area contributed by atoms with Crippen LogP contribution in [0.2, 0.25) is 0 Å². The quantitative estimate of drug-likeness (QED) is 0.792. The molecule has 19 heavy (non-hydrogen) atoms. The predicted molar refractivity (Wildman–Crippen MR) is 83.5 cm³/mol. The molecule has 0 saturated carbocycles. The van der Waals surface area contributed by atoms with Crippen molar-refractivity contribution in [1.29, 1.82) is 0 Å². The van der Waals surface area contributed by atoms with Gasteiger partial charge in [-0.1, -0.05) is 19.9 Å². The fraction of sp³-hybridized carbons (Fsp3) is 0.600. The van der Waals surface area contributed by atoms with Crippen molar-refractivity contribution in [3.63, 3.8) is 0 Å². The Hall–Kier alpha value is -0.870. The molecule has 1 N–H and O–H groups in total. The molecule has 108 valence electrons. The van der Waals surface area contributed by atoms with Gasteiger partial charge in [0.05, 0.1) is 14.2 Å². The van der Waals surface area contributed by atoms with Crippen LogP contribution in [0.4, 0.5) is 0 Å². The summed E-state index contributed by atoms with van der Waals surface area (Å²) in [6, 6.07) is 6.45. The summed E-state index contributed by atoms with van der Waals surface area (Å²) in [5, 5.41) is 3.36. The molecule has 0 bridgehead atoms. The molecule has 0 aliphatic carbocycles. The lowest BCUT2D eigenvalue weighted by Crippen LogP contribution is -2.19. The van der Waals surface area contributed by atoms with Crippen molar-refractivity contribution in [3.05, 3.63) is 23.8 Å². The second-order valence-corrected chi connectivity index (χ2v) is 5.96. The van der Waals surface area contributed by atoms with Gasteiger partial charge < -0.3 is 14.8 Å². The molecule has 1 atom stereocenters. The zero-order valence-electron chi connectivity index (χ0n) is 12.5. The van der Waals surface area contributed by atoms with Crippen LogP contribution in [0.5, 0.6) is 11.5 Å². The van der Waals surface area contributed by atoms with Crippen LogP contribution in [0.1, 0.15) is 25.5 Å². The minimum atomic E-state index is 0.337. The summed E-state index contributed by atoms with van der Waals surface area (Å²) in [6.45, 7) is 4.50. The summed E-state index contributed by atoms with van der Waals surface area (Å²) in [5.74, 6) is 4.54. The topological polar surface area (TPSA) is 30.5 Å². The van der Waals surface area contributed by atoms with E-state index >= 15 is 0 Å². The van der Waals surface area contributed by atoms with Crippen LogP contribution in [-0.4, -0.2) is 32.8 Å². The number of methoxy groups -OCH3 is 2. The highest BCUT2D eigenvalue weighted by Gasteiger charge is 2.13. The molecule has 0 aliphatic rings. The van der Waals surface area contributed by atoms with Crippen molar-refractivity contribution in [3.8, 4) is 11.5 Å². The third-order valence-corrected chi connectivity index (χ3v) is 4.37. The second kappa shape index (κ2) is 8.33. The molecule has 0 aromatic heterocycles. The molecule has 0 amide bonds. The minimum Gasteiger partial charge on any atom is -0.493 e. The third-order valence-electron chi connectivity index (χ3n) is 2.89. The highest BCUT2D eigenvalue weighted by atomic mass is 32.2. The van der Waals surface area contributed by atoms with Gasteiger partial charge in [0.2, 0.25) is 0 Å². The molecule has 0 spiro atoms. The van der Waals surface area contributed by atoms with Gasteiger partial charge in [-0.05, 0) is 36.4 Å². The fourth-order valence-electron chi connectivity index (χ4n) is 1.84. The van der Waals surface area contributed by atoms with Gasteiger partial charge in [0.1, 0.15) is 0 Å². The Morgan fingerprint density at radius 2 is 1.79 bits per heavy atom. The molecule has 1 aromatic carbocycles. The van der Waals surface area contributed by atoms with Crippen molar-refractivity contribution in [1.82, 2.24) is 5.32 Å². The Kier molecular flexibility index (Phi) is 7.10. The molecular weight excluding hydrogens is 258 g/mol. The average Bonchev–Trinajstić information content (AvgIpc) is 2.42. The smallest absolute Gasteiger partial charge is 0.161 e.